The number of anilines is 1. The van der Waals surface area contributed by atoms with Crippen LogP contribution in [0.15, 0.2) is 48.5 Å². The number of benzene rings is 2. The second kappa shape index (κ2) is 6.16. The van der Waals surface area contributed by atoms with Crippen molar-refractivity contribution < 1.29 is 9.53 Å². The number of nitrogens with two attached hydrogens (primary N) is 1. The summed E-state index contributed by atoms with van der Waals surface area (Å²) in [4.78, 5) is 11.4. The molecule has 0 fully saturated rings. The van der Waals surface area contributed by atoms with Crippen LogP contribution >= 0.6 is 12.2 Å². The third-order valence-electron chi connectivity index (χ3n) is 2.57. The molecule has 20 heavy (non-hydrogen) atoms. The standard InChI is InChI=1S/C15H14N2O2S/c1-10(18)17-12-7-3-5-9-14(12)19-13-8-4-2-6-11(13)15(16)20/h2-9H,1H3,(H2,16,20)(H,17,18). The van der Waals surface area contributed by atoms with E-state index < -0.39 is 0 Å². The van der Waals surface area contributed by atoms with Crippen molar-refractivity contribution in [1.82, 2.24) is 0 Å². The fourth-order valence-corrected chi connectivity index (χ4v) is 1.89. The Kier molecular flexibility index (Phi) is 4.32. The molecular formula is C15H14N2O2S. The van der Waals surface area contributed by atoms with Crippen molar-refractivity contribution in [2.24, 2.45) is 5.73 Å². The molecule has 0 radical (unpaired) electrons. The van der Waals surface area contributed by atoms with Crippen LogP contribution in [0, 0.1) is 0 Å². The number of ether oxygens (including phenoxy) is 1. The topological polar surface area (TPSA) is 64.3 Å². The zero-order chi connectivity index (χ0) is 14.5. The molecule has 1 amide bonds. The number of hydrogen-bond donors (Lipinski definition) is 2. The molecule has 5 heteroatoms. The molecule has 2 aromatic carbocycles. The number of thiocarbonyl (C=S) groups is 1. The molecule has 0 aliphatic rings. The van der Waals surface area contributed by atoms with Crippen molar-refractivity contribution in [1.29, 1.82) is 0 Å². The normalized spacial score (nSPS) is 9.85. The number of nitrogens with one attached hydrogen (secondary N) is 1. The van der Waals surface area contributed by atoms with Gasteiger partial charge in [0.1, 0.15) is 10.7 Å². The summed E-state index contributed by atoms with van der Waals surface area (Å²) in [5.41, 5.74) is 6.92. The van der Waals surface area contributed by atoms with Crippen LogP contribution in [-0.2, 0) is 4.79 Å². The molecule has 0 spiro atoms. The summed E-state index contributed by atoms with van der Waals surface area (Å²) in [6.07, 6.45) is 0. The molecule has 2 rings (SSSR count). The third-order valence-corrected chi connectivity index (χ3v) is 2.79. The highest BCUT2D eigenvalue weighted by Crippen LogP contribution is 2.31. The molecule has 0 saturated heterocycles. The number of carbonyl (C=O) groups is 1. The van der Waals surface area contributed by atoms with Gasteiger partial charge in [0.15, 0.2) is 5.75 Å². The summed E-state index contributed by atoms with van der Waals surface area (Å²) in [5, 5.41) is 2.71. The van der Waals surface area contributed by atoms with E-state index in [2.05, 4.69) is 5.32 Å². The Morgan fingerprint density at radius 1 is 1.10 bits per heavy atom. The maximum atomic E-state index is 11.2. The number of carbonyl (C=O) groups excluding carboxylic acids is 1. The monoisotopic (exact) mass is 286 g/mol. The number of hydrogen-bond acceptors (Lipinski definition) is 3. The van der Waals surface area contributed by atoms with Crippen LogP contribution in [0.5, 0.6) is 11.5 Å². The van der Waals surface area contributed by atoms with Crippen molar-refractivity contribution >= 4 is 28.8 Å². The summed E-state index contributed by atoms with van der Waals surface area (Å²) in [5.74, 6) is 0.924. The van der Waals surface area contributed by atoms with E-state index >= 15 is 0 Å². The summed E-state index contributed by atoms with van der Waals surface area (Å²) >= 11 is 5.00. The Morgan fingerprint density at radius 3 is 2.35 bits per heavy atom. The van der Waals surface area contributed by atoms with Gasteiger partial charge in [0.05, 0.1) is 11.3 Å². The fraction of sp³-hybridized carbons (Fsp3) is 0.0667. The maximum Gasteiger partial charge on any atom is 0.221 e. The Balaban J connectivity index is 2.35. The van der Waals surface area contributed by atoms with E-state index in [9.17, 15) is 4.79 Å². The number of rotatable bonds is 4. The van der Waals surface area contributed by atoms with Crippen molar-refractivity contribution in [3.63, 3.8) is 0 Å². The van der Waals surface area contributed by atoms with Gasteiger partial charge in [-0.3, -0.25) is 4.79 Å². The van der Waals surface area contributed by atoms with E-state index in [-0.39, 0.29) is 10.9 Å². The van der Waals surface area contributed by atoms with Gasteiger partial charge in [0.2, 0.25) is 5.91 Å². The van der Waals surface area contributed by atoms with Crippen LogP contribution in [0.25, 0.3) is 0 Å². The molecule has 0 bridgehead atoms. The van der Waals surface area contributed by atoms with E-state index in [0.717, 1.165) is 0 Å². The maximum absolute atomic E-state index is 11.2. The molecular weight excluding hydrogens is 272 g/mol. The lowest BCUT2D eigenvalue weighted by atomic mass is 10.2. The average molecular weight is 286 g/mol. The van der Waals surface area contributed by atoms with E-state index in [1.807, 2.05) is 24.3 Å². The highest BCUT2D eigenvalue weighted by atomic mass is 32.1. The van der Waals surface area contributed by atoms with Crippen LogP contribution in [0.2, 0.25) is 0 Å². The molecule has 2 aromatic rings. The van der Waals surface area contributed by atoms with Gasteiger partial charge in [-0.2, -0.15) is 0 Å². The number of amides is 1. The molecule has 0 saturated carbocycles. The second-order valence-corrected chi connectivity index (χ2v) is 4.58. The van der Waals surface area contributed by atoms with Gasteiger partial charge in [0.25, 0.3) is 0 Å². The second-order valence-electron chi connectivity index (χ2n) is 4.14. The predicted octanol–water partition coefficient (Wildman–Crippen LogP) is 3.07. The quantitative estimate of drug-likeness (QED) is 0.848. The smallest absolute Gasteiger partial charge is 0.221 e. The Bertz CT molecular complexity index is 656. The van der Waals surface area contributed by atoms with Crippen LogP contribution in [0.3, 0.4) is 0 Å². The summed E-state index contributed by atoms with van der Waals surface area (Å²) in [6.45, 7) is 1.44. The van der Waals surface area contributed by atoms with Crippen LogP contribution in [0.4, 0.5) is 5.69 Å². The molecule has 0 unspecified atom stereocenters. The van der Waals surface area contributed by atoms with Gasteiger partial charge < -0.3 is 15.8 Å². The first-order valence-electron chi connectivity index (χ1n) is 6.01. The molecule has 3 N–H and O–H groups in total. The lowest BCUT2D eigenvalue weighted by Crippen LogP contribution is -2.11. The lowest BCUT2D eigenvalue weighted by Gasteiger charge is -2.13. The minimum absolute atomic E-state index is 0.163. The average Bonchev–Trinajstić information content (AvgIpc) is 2.41. The van der Waals surface area contributed by atoms with E-state index in [1.165, 1.54) is 6.92 Å². The van der Waals surface area contributed by atoms with Crippen molar-refractivity contribution in [3.8, 4) is 11.5 Å². The summed E-state index contributed by atoms with van der Waals surface area (Å²) in [7, 11) is 0. The Hall–Kier alpha value is -2.40. The number of para-hydroxylation sites is 3. The molecule has 0 atom stereocenters. The van der Waals surface area contributed by atoms with E-state index in [0.29, 0.717) is 22.7 Å². The Labute approximate surface area is 122 Å². The summed E-state index contributed by atoms with van der Waals surface area (Å²) < 4.78 is 5.82. The van der Waals surface area contributed by atoms with Gasteiger partial charge >= 0.3 is 0 Å². The lowest BCUT2D eigenvalue weighted by molar-refractivity contribution is -0.114. The highest BCUT2D eigenvalue weighted by molar-refractivity contribution is 7.80. The molecule has 0 aliphatic carbocycles. The molecule has 0 aliphatic heterocycles. The summed E-state index contributed by atoms with van der Waals surface area (Å²) in [6, 6.07) is 14.4. The molecule has 4 nitrogen and oxygen atoms in total. The minimum Gasteiger partial charge on any atom is -0.454 e. The van der Waals surface area contributed by atoms with Crippen molar-refractivity contribution in [3.05, 3.63) is 54.1 Å². The van der Waals surface area contributed by atoms with Gasteiger partial charge in [-0.1, -0.05) is 36.5 Å². The highest BCUT2D eigenvalue weighted by Gasteiger charge is 2.10. The van der Waals surface area contributed by atoms with Crippen molar-refractivity contribution in [2.45, 2.75) is 6.92 Å². The SMILES string of the molecule is CC(=O)Nc1ccccc1Oc1ccccc1C(N)=S. The van der Waals surface area contributed by atoms with Gasteiger partial charge in [-0.25, -0.2) is 0 Å². The largest absolute Gasteiger partial charge is 0.454 e. The van der Waals surface area contributed by atoms with Gasteiger partial charge in [0, 0.05) is 6.92 Å². The fourth-order valence-electron chi connectivity index (χ4n) is 1.73. The first kappa shape index (κ1) is 14.0. The first-order valence-corrected chi connectivity index (χ1v) is 6.42. The predicted molar refractivity (Wildman–Crippen MR) is 83.1 cm³/mol. The van der Waals surface area contributed by atoms with Gasteiger partial charge in [-0.15, -0.1) is 0 Å². The molecule has 102 valence electrons. The van der Waals surface area contributed by atoms with E-state index in [1.54, 1.807) is 24.3 Å². The molecule has 0 heterocycles. The minimum atomic E-state index is -0.163. The van der Waals surface area contributed by atoms with Crippen LogP contribution < -0.4 is 15.8 Å². The van der Waals surface area contributed by atoms with Crippen LogP contribution in [0.1, 0.15) is 12.5 Å². The Morgan fingerprint density at radius 2 is 1.70 bits per heavy atom. The van der Waals surface area contributed by atoms with Gasteiger partial charge in [-0.05, 0) is 24.3 Å². The van der Waals surface area contributed by atoms with Crippen molar-refractivity contribution in [2.75, 3.05) is 5.32 Å². The molecule has 0 aromatic heterocycles. The zero-order valence-electron chi connectivity index (χ0n) is 10.9. The third kappa shape index (κ3) is 3.33. The first-order chi connectivity index (χ1) is 9.58. The zero-order valence-corrected chi connectivity index (χ0v) is 11.7. The van der Waals surface area contributed by atoms with E-state index in [4.69, 9.17) is 22.7 Å². The van der Waals surface area contributed by atoms with Crippen LogP contribution in [-0.4, -0.2) is 10.9 Å².